The Morgan fingerprint density at radius 3 is 2.15 bits per heavy atom. The quantitative estimate of drug-likeness (QED) is 0.0761. The number of methoxy groups -OCH3 is 2. The second kappa shape index (κ2) is 15.2. The molecule has 1 fully saturated rings. The Labute approximate surface area is 277 Å². The number of aromatic amines is 1. The van der Waals surface area contributed by atoms with Gasteiger partial charge in [0.25, 0.3) is 5.56 Å². The third kappa shape index (κ3) is 7.36. The zero-order valence-corrected chi connectivity index (χ0v) is 27.5. The molecular formula is C34H36N3O10P. The predicted octanol–water partition coefficient (Wildman–Crippen LogP) is 4.01. The minimum Gasteiger partial charge on any atom is -0.497 e. The van der Waals surface area contributed by atoms with Gasteiger partial charge in [0.1, 0.15) is 29.4 Å². The Morgan fingerprint density at radius 2 is 1.58 bits per heavy atom. The summed E-state index contributed by atoms with van der Waals surface area (Å²) in [7, 11) is 0.469. The van der Waals surface area contributed by atoms with Crippen molar-refractivity contribution in [3.8, 4) is 17.6 Å². The molecule has 13 nitrogen and oxygen atoms in total. The van der Waals surface area contributed by atoms with Gasteiger partial charge in [0.05, 0.1) is 46.3 Å². The van der Waals surface area contributed by atoms with E-state index in [1.807, 2.05) is 84.9 Å². The number of aryl methyl sites for hydroxylation is 1. The number of aromatic nitrogens is 2. The van der Waals surface area contributed by atoms with Crippen LogP contribution in [0.1, 0.15) is 41.3 Å². The van der Waals surface area contributed by atoms with Crippen molar-refractivity contribution in [2.75, 3.05) is 27.4 Å². The van der Waals surface area contributed by atoms with Gasteiger partial charge < -0.3 is 33.5 Å². The summed E-state index contributed by atoms with van der Waals surface area (Å²) in [5, 5.41) is 20.8. The first-order chi connectivity index (χ1) is 23.1. The first kappa shape index (κ1) is 34.9. The number of ether oxygens (including phenoxy) is 4. The van der Waals surface area contributed by atoms with Gasteiger partial charge in [-0.25, -0.2) is 4.79 Å². The maximum atomic E-state index is 12.8. The summed E-state index contributed by atoms with van der Waals surface area (Å²) in [5.74, 6) is -0.965. The molecule has 14 heteroatoms. The van der Waals surface area contributed by atoms with Gasteiger partial charge in [0.2, 0.25) is 5.79 Å². The number of nitriles is 1. The summed E-state index contributed by atoms with van der Waals surface area (Å²) in [6.07, 6.45) is -1.44. The maximum Gasteiger partial charge on any atom is 0.332 e. The fraction of sp³-hybridized carbons (Fsp3) is 0.324. The van der Waals surface area contributed by atoms with Crippen molar-refractivity contribution >= 4 is 8.60 Å². The minimum absolute atomic E-state index is 0.0117. The predicted molar refractivity (Wildman–Crippen MR) is 174 cm³/mol. The molecule has 252 valence electrons. The molecule has 3 aromatic carbocycles. The average Bonchev–Trinajstić information content (AvgIpc) is 3.42. The molecule has 1 aromatic heterocycles. The van der Waals surface area contributed by atoms with Crippen molar-refractivity contribution in [1.82, 2.24) is 9.55 Å². The second-order valence-electron chi connectivity index (χ2n) is 11.0. The fourth-order valence-electron chi connectivity index (χ4n) is 5.56. The summed E-state index contributed by atoms with van der Waals surface area (Å²) >= 11 is 0. The van der Waals surface area contributed by atoms with Gasteiger partial charge in [0, 0.05) is 11.8 Å². The van der Waals surface area contributed by atoms with E-state index in [0.29, 0.717) is 11.5 Å². The standard InChI is InChI=1S/C34H36N3O10P/c1-23-21-37(32(39)36-31(23)38)30-20-33(40,47-48(41)45-19-7-18-35)29(46-30)22-44-34(24-8-5-4-6-9-24,25-10-14-27(42-2)15-11-25)26-12-16-28(43-3)17-13-26/h4-6,8-17,21,29-30,40-41H,7,19-20,22H2,1-3H3,(H,36,38,39)/t29-,30-,33-,48?/m1/s1. The molecule has 0 bridgehead atoms. The molecule has 2 heterocycles. The van der Waals surface area contributed by atoms with Gasteiger partial charge in [0.15, 0.2) is 0 Å². The van der Waals surface area contributed by atoms with Crippen LogP contribution in [0.25, 0.3) is 0 Å². The van der Waals surface area contributed by atoms with Gasteiger partial charge in [-0.2, -0.15) is 5.26 Å². The molecule has 0 radical (unpaired) electrons. The molecule has 0 aliphatic carbocycles. The van der Waals surface area contributed by atoms with Crippen LogP contribution in [-0.2, 0) is 24.1 Å². The van der Waals surface area contributed by atoms with E-state index in [4.69, 9.17) is 33.3 Å². The van der Waals surface area contributed by atoms with E-state index >= 15 is 0 Å². The van der Waals surface area contributed by atoms with Crippen LogP contribution in [0.2, 0.25) is 0 Å². The Morgan fingerprint density at radius 1 is 1.00 bits per heavy atom. The lowest BCUT2D eigenvalue weighted by molar-refractivity contribution is -0.201. The van der Waals surface area contributed by atoms with Gasteiger partial charge in [-0.3, -0.25) is 18.9 Å². The van der Waals surface area contributed by atoms with E-state index in [0.717, 1.165) is 21.3 Å². The Hall–Kier alpha value is -4.38. The zero-order chi connectivity index (χ0) is 34.3. The maximum absolute atomic E-state index is 12.8. The van der Waals surface area contributed by atoms with Crippen LogP contribution in [0, 0.1) is 18.3 Å². The van der Waals surface area contributed by atoms with Crippen LogP contribution in [0.15, 0.2) is 94.6 Å². The topological polar surface area (TPSA) is 174 Å². The highest BCUT2D eigenvalue weighted by Crippen LogP contribution is 2.48. The summed E-state index contributed by atoms with van der Waals surface area (Å²) in [6.45, 7) is 1.07. The van der Waals surface area contributed by atoms with Crippen molar-refractivity contribution in [3.05, 3.63) is 128 Å². The van der Waals surface area contributed by atoms with Crippen molar-refractivity contribution in [2.45, 2.75) is 43.5 Å². The molecule has 1 aliphatic rings. The lowest BCUT2D eigenvalue weighted by Crippen LogP contribution is -2.45. The number of nitrogens with zero attached hydrogens (tertiary/aromatic N) is 2. The fourth-order valence-corrected chi connectivity index (χ4v) is 6.32. The van der Waals surface area contributed by atoms with Crippen molar-refractivity contribution in [3.63, 3.8) is 0 Å². The van der Waals surface area contributed by atoms with E-state index in [-0.39, 0.29) is 31.6 Å². The molecule has 1 saturated heterocycles. The number of aliphatic hydroxyl groups is 1. The molecule has 0 saturated carbocycles. The Balaban J connectivity index is 1.58. The molecule has 5 rings (SSSR count). The highest BCUT2D eigenvalue weighted by atomic mass is 31.2. The van der Waals surface area contributed by atoms with Crippen LogP contribution in [-0.4, -0.2) is 58.9 Å². The third-order valence-corrected chi connectivity index (χ3v) is 8.90. The summed E-state index contributed by atoms with van der Waals surface area (Å²) in [6, 6.07) is 26.1. The highest BCUT2D eigenvalue weighted by Gasteiger charge is 2.53. The molecule has 1 aliphatic heterocycles. The second-order valence-corrected chi connectivity index (χ2v) is 11.9. The molecular weight excluding hydrogens is 641 g/mol. The summed E-state index contributed by atoms with van der Waals surface area (Å²) in [4.78, 5) is 37.7. The lowest BCUT2D eigenvalue weighted by atomic mass is 9.80. The van der Waals surface area contributed by atoms with Gasteiger partial charge in [-0.15, -0.1) is 0 Å². The molecule has 4 atom stereocenters. The minimum atomic E-state index is -2.68. The molecule has 48 heavy (non-hydrogen) atoms. The smallest absolute Gasteiger partial charge is 0.332 e. The number of hydrogen-bond acceptors (Lipinski definition) is 11. The third-order valence-electron chi connectivity index (χ3n) is 8.02. The van der Waals surface area contributed by atoms with Gasteiger partial charge in [-0.1, -0.05) is 54.6 Å². The summed E-state index contributed by atoms with van der Waals surface area (Å²) in [5.41, 5.74) is -0.181. The van der Waals surface area contributed by atoms with E-state index in [2.05, 4.69) is 4.98 Å². The number of nitrogens with one attached hydrogen (secondary N) is 1. The van der Waals surface area contributed by atoms with Gasteiger partial charge in [-0.05, 0) is 47.9 Å². The molecule has 4 aromatic rings. The largest absolute Gasteiger partial charge is 0.497 e. The number of rotatable bonds is 14. The van der Waals surface area contributed by atoms with E-state index in [1.54, 1.807) is 14.2 Å². The van der Waals surface area contributed by atoms with Crippen molar-refractivity contribution < 1.29 is 38.0 Å². The lowest BCUT2D eigenvalue weighted by Gasteiger charge is -2.38. The van der Waals surface area contributed by atoms with Crippen LogP contribution in [0.4, 0.5) is 0 Å². The van der Waals surface area contributed by atoms with E-state index in [1.165, 1.54) is 13.1 Å². The monoisotopic (exact) mass is 677 g/mol. The van der Waals surface area contributed by atoms with Crippen LogP contribution >= 0.6 is 8.60 Å². The van der Waals surface area contributed by atoms with E-state index < -0.39 is 43.6 Å². The number of benzene rings is 3. The zero-order valence-electron chi connectivity index (χ0n) is 26.6. The average molecular weight is 678 g/mol. The molecule has 0 spiro atoms. The first-order valence-corrected chi connectivity index (χ1v) is 16.1. The van der Waals surface area contributed by atoms with Crippen molar-refractivity contribution in [1.29, 1.82) is 5.26 Å². The van der Waals surface area contributed by atoms with Crippen molar-refractivity contribution in [2.24, 2.45) is 0 Å². The Bertz CT molecular complexity index is 1780. The first-order valence-electron chi connectivity index (χ1n) is 15.0. The number of hydrogen-bond donors (Lipinski definition) is 3. The summed E-state index contributed by atoms with van der Waals surface area (Å²) < 4.78 is 36.0. The van der Waals surface area contributed by atoms with Crippen LogP contribution < -0.4 is 20.7 Å². The van der Waals surface area contributed by atoms with E-state index in [9.17, 15) is 19.6 Å². The highest BCUT2D eigenvalue weighted by molar-refractivity contribution is 7.40. The SMILES string of the molecule is COc1ccc(C(OC[C@H]2O[C@@H](n3cc(C)c(=O)[nH]c3=O)C[C@@]2(O)OP(O)OCCC#N)(c2ccccc2)c2ccc(OC)cc2)cc1. The molecule has 1 unspecified atom stereocenters. The normalized spacial score (nSPS) is 19.8. The Kier molecular flexibility index (Phi) is 11.1. The van der Waals surface area contributed by atoms with Crippen LogP contribution in [0.5, 0.6) is 11.5 Å². The van der Waals surface area contributed by atoms with Gasteiger partial charge >= 0.3 is 14.3 Å². The molecule has 3 N–H and O–H groups in total. The number of H-pyrrole nitrogens is 1. The van der Waals surface area contributed by atoms with Crippen LogP contribution in [0.3, 0.4) is 0 Å². The molecule has 0 amide bonds.